The van der Waals surface area contributed by atoms with Crippen LogP contribution in [-0.4, -0.2) is 25.8 Å². The minimum Gasteiger partial charge on any atom is -0.377 e. The molecule has 1 atom stereocenters. The molecule has 1 unspecified atom stereocenters. The zero-order valence-electron chi connectivity index (χ0n) is 9.72. The van der Waals surface area contributed by atoms with Crippen LogP contribution in [0.4, 0.5) is 0 Å². The molecule has 1 aliphatic heterocycles. The van der Waals surface area contributed by atoms with E-state index in [1.807, 2.05) is 0 Å². The Kier molecular flexibility index (Phi) is 6.20. The first-order valence-corrected chi connectivity index (χ1v) is 6.11. The molecule has 0 aromatic carbocycles. The van der Waals surface area contributed by atoms with Crippen molar-refractivity contribution in [1.29, 1.82) is 0 Å². The van der Waals surface area contributed by atoms with E-state index >= 15 is 0 Å². The molecule has 0 aromatic heterocycles. The quantitative estimate of drug-likeness (QED) is 0.636. The van der Waals surface area contributed by atoms with Crippen molar-refractivity contribution in [2.24, 2.45) is 5.92 Å². The van der Waals surface area contributed by atoms with Crippen molar-refractivity contribution in [1.82, 2.24) is 5.32 Å². The first kappa shape index (κ1) is 12.0. The van der Waals surface area contributed by atoms with E-state index in [1.54, 1.807) is 0 Å². The number of rotatable bonds is 7. The normalized spacial score (nSPS) is 22.1. The van der Waals surface area contributed by atoms with Crippen molar-refractivity contribution in [3.05, 3.63) is 0 Å². The van der Waals surface area contributed by atoms with Crippen molar-refractivity contribution in [3.8, 4) is 0 Å². The maximum atomic E-state index is 5.54. The van der Waals surface area contributed by atoms with Crippen LogP contribution in [0.3, 0.4) is 0 Å². The van der Waals surface area contributed by atoms with Crippen LogP contribution < -0.4 is 5.32 Å². The highest BCUT2D eigenvalue weighted by Crippen LogP contribution is 2.10. The fourth-order valence-corrected chi connectivity index (χ4v) is 1.87. The summed E-state index contributed by atoms with van der Waals surface area (Å²) >= 11 is 0. The topological polar surface area (TPSA) is 21.3 Å². The summed E-state index contributed by atoms with van der Waals surface area (Å²) in [7, 11) is 0. The minimum atomic E-state index is 0.500. The number of hydrogen-bond acceptors (Lipinski definition) is 2. The Morgan fingerprint density at radius 3 is 2.86 bits per heavy atom. The molecule has 0 saturated carbocycles. The van der Waals surface area contributed by atoms with E-state index in [9.17, 15) is 0 Å². The Balaban J connectivity index is 1.79. The summed E-state index contributed by atoms with van der Waals surface area (Å²) in [5, 5.41) is 3.48. The van der Waals surface area contributed by atoms with Gasteiger partial charge in [0.05, 0.1) is 6.10 Å². The van der Waals surface area contributed by atoms with E-state index in [1.165, 1.54) is 32.1 Å². The van der Waals surface area contributed by atoms with Gasteiger partial charge in [0.25, 0.3) is 0 Å². The molecule has 1 saturated heterocycles. The molecule has 2 heteroatoms. The molecule has 14 heavy (non-hydrogen) atoms. The average Bonchev–Trinajstić information content (AvgIpc) is 2.63. The van der Waals surface area contributed by atoms with E-state index in [-0.39, 0.29) is 0 Å². The predicted octanol–water partition coefficient (Wildman–Crippen LogP) is 2.58. The summed E-state index contributed by atoms with van der Waals surface area (Å²) < 4.78 is 5.54. The summed E-state index contributed by atoms with van der Waals surface area (Å²) in [6.45, 7) is 7.77. The Morgan fingerprint density at radius 1 is 1.36 bits per heavy atom. The molecule has 1 aliphatic rings. The summed E-state index contributed by atoms with van der Waals surface area (Å²) in [5.74, 6) is 0.855. The maximum absolute atomic E-state index is 5.54. The third kappa shape index (κ3) is 5.61. The Bertz CT molecular complexity index is 130. The monoisotopic (exact) mass is 199 g/mol. The van der Waals surface area contributed by atoms with Crippen LogP contribution in [0.15, 0.2) is 0 Å². The molecule has 0 spiro atoms. The summed E-state index contributed by atoms with van der Waals surface area (Å²) in [6.07, 6.45) is 7.03. The Labute approximate surface area is 88.4 Å². The fraction of sp³-hybridized carbons (Fsp3) is 1.00. The van der Waals surface area contributed by atoms with Gasteiger partial charge in [0.1, 0.15) is 0 Å². The molecule has 1 rings (SSSR count). The minimum absolute atomic E-state index is 0.500. The molecule has 2 nitrogen and oxygen atoms in total. The highest BCUT2D eigenvalue weighted by molar-refractivity contribution is 4.67. The van der Waals surface area contributed by atoms with E-state index < -0.39 is 0 Å². The van der Waals surface area contributed by atoms with Gasteiger partial charge < -0.3 is 10.1 Å². The average molecular weight is 199 g/mol. The first-order chi connectivity index (χ1) is 6.79. The molecule has 1 fully saturated rings. The van der Waals surface area contributed by atoms with Crippen LogP contribution in [0.25, 0.3) is 0 Å². The van der Waals surface area contributed by atoms with Gasteiger partial charge >= 0.3 is 0 Å². The van der Waals surface area contributed by atoms with Gasteiger partial charge in [-0.3, -0.25) is 0 Å². The second-order valence-electron chi connectivity index (χ2n) is 4.73. The zero-order valence-corrected chi connectivity index (χ0v) is 9.72. The van der Waals surface area contributed by atoms with Gasteiger partial charge in [-0.1, -0.05) is 26.7 Å². The lowest BCUT2D eigenvalue weighted by Gasteiger charge is -2.10. The van der Waals surface area contributed by atoms with Crippen LogP contribution in [0, 0.1) is 5.92 Å². The van der Waals surface area contributed by atoms with Crippen LogP contribution >= 0.6 is 0 Å². The lowest BCUT2D eigenvalue weighted by molar-refractivity contribution is 0.110. The lowest BCUT2D eigenvalue weighted by Crippen LogP contribution is -2.27. The third-order valence-corrected chi connectivity index (χ3v) is 2.78. The lowest BCUT2D eigenvalue weighted by atomic mass is 10.1. The SMILES string of the molecule is CC(C)CCCCNCC1CCCO1. The third-order valence-electron chi connectivity index (χ3n) is 2.78. The van der Waals surface area contributed by atoms with Gasteiger partial charge in [-0.25, -0.2) is 0 Å². The van der Waals surface area contributed by atoms with Gasteiger partial charge in [0.15, 0.2) is 0 Å². The van der Waals surface area contributed by atoms with Crippen molar-refractivity contribution in [2.45, 2.75) is 52.1 Å². The van der Waals surface area contributed by atoms with E-state index in [4.69, 9.17) is 4.74 Å². The van der Waals surface area contributed by atoms with Crippen molar-refractivity contribution in [2.75, 3.05) is 19.7 Å². The first-order valence-electron chi connectivity index (χ1n) is 6.11. The Morgan fingerprint density at radius 2 is 2.21 bits per heavy atom. The van der Waals surface area contributed by atoms with Crippen molar-refractivity contribution in [3.63, 3.8) is 0 Å². The van der Waals surface area contributed by atoms with E-state index in [2.05, 4.69) is 19.2 Å². The second kappa shape index (κ2) is 7.24. The molecule has 0 amide bonds. The number of hydrogen-bond donors (Lipinski definition) is 1. The zero-order chi connectivity index (χ0) is 10.2. The van der Waals surface area contributed by atoms with Crippen molar-refractivity contribution < 1.29 is 4.74 Å². The highest BCUT2D eigenvalue weighted by Gasteiger charge is 2.13. The second-order valence-corrected chi connectivity index (χ2v) is 4.73. The molecule has 1 heterocycles. The van der Waals surface area contributed by atoms with Crippen LogP contribution in [0.2, 0.25) is 0 Å². The molecule has 0 bridgehead atoms. The van der Waals surface area contributed by atoms with Crippen molar-refractivity contribution >= 4 is 0 Å². The summed E-state index contributed by atoms with van der Waals surface area (Å²) in [4.78, 5) is 0. The molecule has 84 valence electrons. The number of ether oxygens (including phenoxy) is 1. The van der Waals surface area contributed by atoms with Gasteiger partial charge in [-0.2, -0.15) is 0 Å². The van der Waals surface area contributed by atoms with Crippen LogP contribution in [0.5, 0.6) is 0 Å². The van der Waals surface area contributed by atoms with Crippen LogP contribution in [0.1, 0.15) is 46.0 Å². The maximum Gasteiger partial charge on any atom is 0.0700 e. The predicted molar refractivity (Wildman–Crippen MR) is 60.5 cm³/mol. The standard InChI is InChI=1S/C12H25NO/c1-11(2)6-3-4-8-13-10-12-7-5-9-14-12/h11-13H,3-10H2,1-2H3. The molecular formula is C12H25NO. The molecule has 0 aromatic rings. The molecule has 1 N–H and O–H groups in total. The van der Waals surface area contributed by atoms with Gasteiger partial charge in [-0.15, -0.1) is 0 Å². The van der Waals surface area contributed by atoms with Crippen LogP contribution in [-0.2, 0) is 4.74 Å². The smallest absolute Gasteiger partial charge is 0.0700 e. The van der Waals surface area contributed by atoms with Gasteiger partial charge in [0.2, 0.25) is 0 Å². The molecular weight excluding hydrogens is 174 g/mol. The highest BCUT2D eigenvalue weighted by atomic mass is 16.5. The Hall–Kier alpha value is -0.0800. The largest absolute Gasteiger partial charge is 0.377 e. The van der Waals surface area contributed by atoms with Gasteiger partial charge in [0, 0.05) is 13.2 Å². The van der Waals surface area contributed by atoms with Gasteiger partial charge in [-0.05, 0) is 31.7 Å². The summed E-state index contributed by atoms with van der Waals surface area (Å²) in [5.41, 5.74) is 0. The van der Waals surface area contributed by atoms with E-state index in [0.29, 0.717) is 6.10 Å². The number of nitrogens with one attached hydrogen (secondary N) is 1. The fourth-order valence-electron chi connectivity index (χ4n) is 1.87. The van der Waals surface area contributed by atoms with E-state index in [0.717, 1.165) is 25.6 Å². The summed E-state index contributed by atoms with van der Waals surface area (Å²) in [6, 6.07) is 0. The molecule has 0 radical (unpaired) electrons. The molecule has 0 aliphatic carbocycles. The number of unbranched alkanes of at least 4 members (excludes halogenated alkanes) is 1.